The average molecular weight is 186 g/mol. The second kappa shape index (κ2) is 2.91. The maximum atomic E-state index is 5.96. The normalized spacial score (nSPS) is 10.7. The minimum Gasteiger partial charge on any atom is -0.399 e. The lowest BCUT2D eigenvalue weighted by atomic mass is 10.00. The van der Waals surface area contributed by atoms with Crippen molar-refractivity contribution in [2.75, 3.05) is 11.5 Å². The molecule has 0 bridgehead atoms. The van der Waals surface area contributed by atoms with Gasteiger partial charge in [0.05, 0.1) is 0 Å². The van der Waals surface area contributed by atoms with E-state index in [1.807, 2.05) is 32.0 Å². The molecule has 2 aromatic carbocycles. The molecule has 72 valence electrons. The van der Waals surface area contributed by atoms with E-state index in [9.17, 15) is 0 Å². The molecule has 2 nitrogen and oxygen atoms in total. The Morgan fingerprint density at radius 3 is 2.43 bits per heavy atom. The van der Waals surface area contributed by atoms with Crippen LogP contribution in [0.2, 0.25) is 0 Å². The zero-order valence-corrected chi connectivity index (χ0v) is 8.46. The zero-order valence-electron chi connectivity index (χ0n) is 8.46. The standard InChI is InChI=1S/C12H14N2/c1-7-5-9-3-4-10(13)6-11(9)8(2)12(7)14/h3-6H,13-14H2,1-2H3. The van der Waals surface area contributed by atoms with Gasteiger partial charge in [0.15, 0.2) is 0 Å². The SMILES string of the molecule is Cc1cc2ccc(N)cc2c(C)c1N. The summed E-state index contributed by atoms with van der Waals surface area (Å²) in [4.78, 5) is 0. The first-order valence-corrected chi connectivity index (χ1v) is 4.64. The van der Waals surface area contributed by atoms with Gasteiger partial charge < -0.3 is 11.5 Å². The molecule has 0 spiro atoms. The minimum absolute atomic E-state index is 0.781. The van der Waals surface area contributed by atoms with Gasteiger partial charge in [-0.15, -0.1) is 0 Å². The smallest absolute Gasteiger partial charge is 0.0379 e. The van der Waals surface area contributed by atoms with Gasteiger partial charge in [0.25, 0.3) is 0 Å². The van der Waals surface area contributed by atoms with Crippen molar-refractivity contribution in [3.05, 3.63) is 35.4 Å². The summed E-state index contributed by atoms with van der Waals surface area (Å²) in [5.41, 5.74) is 15.6. The third kappa shape index (κ3) is 1.20. The molecule has 0 saturated heterocycles. The quantitative estimate of drug-likeness (QED) is 0.621. The molecule has 0 atom stereocenters. The van der Waals surface area contributed by atoms with Gasteiger partial charge in [-0.1, -0.05) is 6.07 Å². The highest BCUT2D eigenvalue weighted by Gasteiger charge is 2.04. The third-order valence-corrected chi connectivity index (χ3v) is 2.68. The van der Waals surface area contributed by atoms with Gasteiger partial charge in [0.2, 0.25) is 0 Å². The van der Waals surface area contributed by atoms with E-state index in [0.29, 0.717) is 0 Å². The number of benzene rings is 2. The van der Waals surface area contributed by atoms with E-state index in [0.717, 1.165) is 27.9 Å². The second-order valence-electron chi connectivity index (χ2n) is 3.71. The molecule has 0 aromatic heterocycles. The first kappa shape index (κ1) is 8.88. The van der Waals surface area contributed by atoms with Crippen LogP contribution in [0.15, 0.2) is 24.3 Å². The Bertz CT molecular complexity index is 501. The summed E-state index contributed by atoms with van der Waals surface area (Å²) < 4.78 is 0. The van der Waals surface area contributed by atoms with Gasteiger partial charge in [0, 0.05) is 11.4 Å². The van der Waals surface area contributed by atoms with Crippen molar-refractivity contribution in [2.24, 2.45) is 0 Å². The van der Waals surface area contributed by atoms with Gasteiger partial charge in [0.1, 0.15) is 0 Å². The highest BCUT2D eigenvalue weighted by Crippen LogP contribution is 2.28. The number of hydrogen-bond donors (Lipinski definition) is 2. The summed E-state index contributed by atoms with van der Waals surface area (Å²) in [7, 11) is 0. The number of nitrogen functional groups attached to an aromatic ring is 2. The molecule has 0 unspecified atom stereocenters. The summed E-state index contributed by atoms with van der Waals surface area (Å²) in [6.07, 6.45) is 0. The largest absolute Gasteiger partial charge is 0.399 e. The molecule has 2 rings (SSSR count). The summed E-state index contributed by atoms with van der Waals surface area (Å²) in [5.74, 6) is 0. The highest BCUT2D eigenvalue weighted by molar-refractivity contribution is 5.92. The van der Waals surface area contributed by atoms with Crippen molar-refractivity contribution < 1.29 is 0 Å². The Morgan fingerprint density at radius 2 is 1.71 bits per heavy atom. The van der Waals surface area contributed by atoms with Crippen LogP contribution in [0, 0.1) is 13.8 Å². The van der Waals surface area contributed by atoms with Crippen molar-refractivity contribution in [3.8, 4) is 0 Å². The Hall–Kier alpha value is -1.70. The van der Waals surface area contributed by atoms with Crippen LogP contribution in [0.5, 0.6) is 0 Å². The fraction of sp³-hybridized carbons (Fsp3) is 0.167. The van der Waals surface area contributed by atoms with Gasteiger partial charge in [-0.05, 0) is 53.9 Å². The van der Waals surface area contributed by atoms with E-state index in [1.165, 1.54) is 5.39 Å². The van der Waals surface area contributed by atoms with Gasteiger partial charge in [-0.25, -0.2) is 0 Å². The van der Waals surface area contributed by atoms with Crippen molar-refractivity contribution in [1.29, 1.82) is 0 Å². The van der Waals surface area contributed by atoms with Crippen molar-refractivity contribution in [2.45, 2.75) is 13.8 Å². The molecule has 0 saturated carbocycles. The van der Waals surface area contributed by atoms with Crippen LogP contribution >= 0.6 is 0 Å². The summed E-state index contributed by atoms with van der Waals surface area (Å²) in [6, 6.07) is 8.01. The van der Waals surface area contributed by atoms with Crippen LogP contribution in [-0.2, 0) is 0 Å². The first-order valence-electron chi connectivity index (χ1n) is 4.64. The monoisotopic (exact) mass is 186 g/mol. The molecule has 0 amide bonds. The molecule has 0 fully saturated rings. The molecule has 2 heteroatoms. The zero-order chi connectivity index (χ0) is 10.3. The van der Waals surface area contributed by atoms with E-state index < -0.39 is 0 Å². The molecule has 0 aliphatic carbocycles. The maximum Gasteiger partial charge on any atom is 0.0379 e. The topological polar surface area (TPSA) is 52.0 Å². The maximum absolute atomic E-state index is 5.96. The molecule has 4 N–H and O–H groups in total. The summed E-state index contributed by atoms with van der Waals surface area (Å²) in [6.45, 7) is 4.06. The van der Waals surface area contributed by atoms with E-state index in [2.05, 4.69) is 6.07 Å². The second-order valence-corrected chi connectivity index (χ2v) is 3.71. The lowest BCUT2D eigenvalue weighted by Crippen LogP contribution is -1.95. The lowest BCUT2D eigenvalue weighted by molar-refractivity contribution is 1.43. The van der Waals surface area contributed by atoms with E-state index in [4.69, 9.17) is 11.5 Å². The number of hydrogen-bond acceptors (Lipinski definition) is 2. The number of fused-ring (bicyclic) bond motifs is 1. The molecule has 0 aliphatic rings. The van der Waals surface area contributed by atoms with E-state index in [1.54, 1.807) is 0 Å². The van der Waals surface area contributed by atoms with Gasteiger partial charge >= 0.3 is 0 Å². The molecule has 2 aromatic rings. The van der Waals surface area contributed by atoms with Gasteiger partial charge in [-0.3, -0.25) is 0 Å². The van der Waals surface area contributed by atoms with Crippen molar-refractivity contribution in [1.82, 2.24) is 0 Å². The van der Waals surface area contributed by atoms with Gasteiger partial charge in [-0.2, -0.15) is 0 Å². The average Bonchev–Trinajstić information content (AvgIpc) is 2.16. The Balaban J connectivity index is 2.92. The minimum atomic E-state index is 0.781. The predicted molar refractivity (Wildman–Crippen MR) is 62.2 cm³/mol. The number of aryl methyl sites for hydroxylation is 2. The van der Waals surface area contributed by atoms with Crippen molar-refractivity contribution in [3.63, 3.8) is 0 Å². The molecular formula is C12H14N2. The van der Waals surface area contributed by atoms with Crippen LogP contribution in [0.3, 0.4) is 0 Å². The highest BCUT2D eigenvalue weighted by atomic mass is 14.6. The fourth-order valence-electron chi connectivity index (χ4n) is 1.78. The Kier molecular flexibility index (Phi) is 1.84. The van der Waals surface area contributed by atoms with E-state index >= 15 is 0 Å². The Morgan fingerprint density at radius 1 is 1.00 bits per heavy atom. The molecule has 14 heavy (non-hydrogen) atoms. The molecule has 0 heterocycles. The molecule has 0 aliphatic heterocycles. The summed E-state index contributed by atoms with van der Waals surface area (Å²) >= 11 is 0. The lowest BCUT2D eigenvalue weighted by Gasteiger charge is -2.09. The third-order valence-electron chi connectivity index (χ3n) is 2.68. The van der Waals surface area contributed by atoms with Crippen LogP contribution < -0.4 is 11.5 Å². The van der Waals surface area contributed by atoms with Crippen LogP contribution in [-0.4, -0.2) is 0 Å². The van der Waals surface area contributed by atoms with Crippen molar-refractivity contribution >= 4 is 22.1 Å². The Labute approximate surface area is 83.5 Å². The molecule has 0 radical (unpaired) electrons. The number of rotatable bonds is 0. The van der Waals surface area contributed by atoms with Crippen LogP contribution in [0.1, 0.15) is 11.1 Å². The fourth-order valence-corrected chi connectivity index (χ4v) is 1.78. The van der Waals surface area contributed by atoms with E-state index in [-0.39, 0.29) is 0 Å². The number of anilines is 2. The number of nitrogens with two attached hydrogens (primary N) is 2. The van der Waals surface area contributed by atoms with Crippen LogP contribution in [0.25, 0.3) is 10.8 Å². The summed E-state index contributed by atoms with van der Waals surface area (Å²) in [5, 5.41) is 2.34. The van der Waals surface area contributed by atoms with Crippen LogP contribution in [0.4, 0.5) is 11.4 Å². The molecular weight excluding hydrogens is 172 g/mol. The predicted octanol–water partition coefficient (Wildman–Crippen LogP) is 2.62. The first-order chi connectivity index (χ1) is 6.59.